The molecule has 0 amide bonds. The SMILES string of the molecule is CC(C)C(N)C(=O)O.c1ncncn1. The Balaban J connectivity index is 0.000000249. The van der Waals surface area contributed by atoms with Gasteiger partial charge < -0.3 is 10.8 Å². The minimum Gasteiger partial charge on any atom is -0.480 e. The third-order valence-corrected chi connectivity index (χ3v) is 1.40. The van der Waals surface area contributed by atoms with E-state index in [1.807, 2.05) is 0 Å². The van der Waals surface area contributed by atoms with Crippen molar-refractivity contribution in [3.05, 3.63) is 19.0 Å². The zero-order valence-corrected chi connectivity index (χ0v) is 8.16. The maximum Gasteiger partial charge on any atom is 0.320 e. The molecule has 0 spiro atoms. The number of nitrogens with two attached hydrogens (primary N) is 1. The number of rotatable bonds is 2. The summed E-state index contributed by atoms with van der Waals surface area (Å²) in [5.74, 6) is -0.910. The van der Waals surface area contributed by atoms with Crippen LogP contribution in [-0.4, -0.2) is 32.1 Å². The first-order valence-corrected chi connectivity index (χ1v) is 4.09. The molecule has 1 atom stereocenters. The number of hydrogen-bond acceptors (Lipinski definition) is 5. The molecule has 1 rings (SSSR count). The van der Waals surface area contributed by atoms with Gasteiger partial charge in [-0.05, 0) is 5.92 Å². The molecule has 0 saturated carbocycles. The number of carboxylic acid groups (broad SMARTS) is 1. The van der Waals surface area contributed by atoms with Gasteiger partial charge in [-0.1, -0.05) is 13.8 Å². The average Bonchev–Trinajstić information content (AvgIpc) is 2.20. The standard InChI is InChI=1S/C5H11NO2.C3H3N3/c1-3(2)4(6)5(7)8;1-4-2-6-3-5-1/h3-4H,6H2,1-2H3,(H,7,8);1-3H. The molecule has 1 heterocycles. The van der Waals surface area contributed by atoms with Gasteiger partial charge in [0.15, 0.2) is 0 Å². The summed E-state index contributed by atoms with van der Waals surface area (Å²) >= 11 is 0. The molecule has 0 radical (unpaired) electrons. The monoisotopic (exact) mass is 198 g/mol. The van der Waals surface area contributed by atoms with Gasteiger partial charge in [0.2, 0.25) is 0 Å². The molecule has 6 nitrogen and oxygen atoms in total. The van der Waals surface area contributed by atoms with Gasteiger partial charge >= 0.3 is 5.97 Å². The van der Waals surface area contributed by atoms with Gasteiger partial charge in [-0.2, -0.15) is 0 Å². The lowest BCUT2D eigenvalue weighted by Gasteiger charge is -2.07. The van der Waals surface area contributed by atoms with Crippen molar-refractivity contribution in [2.24, 2.45) is 11.7 Å². The fourth-order valence-corrected chi connectivity index (χ4v) is 0.490. The van der Waals surface area contributed by atoms with E-state index < -0.39 is 12.0 Å². The molecule has 0 bridgehead atoms. The first-order valence-electron chi connectivity index (χ1n) is 4.09. The molecule has 0 saturated heterocycles. The van der Waals surface area contributed by atoms with Gasteiger partial charge in [0.1, 0.15) is 25.0 Å². The lowest BCUT2D eigenvalue weighted by molar-refractivity contribution is -0.139. The Morgan fingerprint density at radius 3 is 1.64 bits per heavy atom. The van der Waals surface area contributed by atoms with Crippen molar-refractivity contribution in [1.82, 2.24) is 15.0 Å². The number of hydrogen-bond donors (Lipinski definition) is 2. The van der Waals surface area contributed by atoms with Gasteiger partial charge in [0, 0.05) is 0 Å². The van der Waals surface area contributed by atoms with E-state index in [1.165, 1.54) is 19.0 Å². The Morgan fingerprint density at radius 1 is 1.21 bits per heavy atom. The molecule has 0 aliphatic heterocycles. The molecule has 0 aliphatic rings. The van der Waals surface area contributed by atoms with Crippen LogP contribution in [0.4, 0.5) is 0 Å². The number of nitrogens with zero attached hydrogens (tertiary/aromatic N) is 3. The molecule has 1 aromatic rings. The van der Waals surface area contributed by atoms with Crippen molar-refractivity contribution in [3.63, 3.8) is 0 Å². The fraction of sp³-hybridized carbons (Fsp3) is 0.500. The Kier molecular flexibility index (Phi) is 6.13. The van der Waals surface area contributed by atoms with E-state index in [9.17, 15) is 4.79 Å². The van der Waals surface area contributed by atoms with Crippen molar-refractivity contribution >= 4 is 5.97 Å². The third-order valence-electron chi connectivity index (χ3n) is 1.40. The van der Waals surface area contributed by atoms with Crippen molar-refractivity contribution in [2.45, 2.75) is 19.9 Å². The van der Waals surface area contributed by atoms with Crippen LogP contribution in [0.5, 0.6) is 0 Å². The van der Waals surface area contributed by atoms with Gasteiger partial charge in [0.05, 0.1) is 0 Å². The molecule has 6 heteroatoms. The van der Waals surface area contributed by atoms with E-state index >= 15 is 0 Å². The molecule has 14 heavy (non-hydrogen) atoms. The Labute approximate surface area is 82.2 Å². The molecule has 0 fully saturated rings. The quantitative estimate of drug-likeness (QED) is 0.689. The molecule has 1 aromatic heterocycles. The van der Waals surface area contributed by atoms with Gasteiger partial charge in [0.25, 0.3) is 0 Å². The molecule has 0 aliphatic carbocycles. The normalized spacial score (nSPS) is 11.4. The van der Waals surface area contributed by atoms with E-state index in [0.717, 1.165) is 0 Å². The number of aromatic nitrogens is 3. The topological polar surface area (TPSA) is 102 Å². The predicted octanol–water partition coefficient (Wildman–Crippen LogP) is -0.0741. The molecule has 0 aromatic carbocycles. The Morgan fingerprint density at radius 2 is 1.57 bits per heavy atom. The fourth-order valence-electron chi connectivity index (χ4n) is 0.490. The smallest absolute Gasteiger partial charge is 0.320 e. The molecule has 3 N–H and O–H groups in total. The highest BCUT2D eigenvalue weighted by Crippen LogP contribution is 1.96. The predicted molar refractivity (Wildman–Crippen MR) is 50.3 cm³/mol. The van der Waals surface area contributed by atoms with Crippen LogP contribution in [0.2, 0.25) is 0 Å². The molecular weight excluding hydrogens is 184 g/mol. The van der Waals surface area contributed by atoms with Crippen molar-refractivity contribution in [2.75, 3.05) is 0 Å². The minimum absolute atomic E-state index is 0.0208. The van der Waals surface area contributed by atoms with E-state index in [-0.39, 0.29) is 5.92 Å². The first kappa shape index (κ1) is 12.4. The number of carbonyl (C=O) groups is 1. The summed E-state index contributed by atoms with van der Waals surface area (Å²) in [4.78, 5) is 20.7. The Hall–Kier alpha value is -1.56. The van der Waals surface area contributed by atoms with Crippen LogP contribution in [-0.2, 0) is 4.79 Å². The van der Waals surface area contributed by atoms with Crippen molar-refractivity contribution < 1.29 is 9.90 Å². The lowest BCUT2D eigenvalue weighted by Crippen LogP contribution is -2.34. The summed E-state index contributed by atoms with van der Waals surface area (Å²) in [5, 5.41) is 8.23. The van der Waals surface area contributed by atoms with Crippen LogP contribution in [0, 0.1) is 5.92 Å². The molecular formula is C8H14N4O2. The summed E-state index contributed by atoms with van der Waals surface area (Å²) in [6.07, 6.45) is 4.31. The maximum absolute atomic E-state index is 10.0. The summed E-state index contributed by atoms with van der Waals surface area (Å²) < 4.78 is 0. The van der Waals surface area contributed by atoms with E-state index in [1.54, 1.807) is 13.8 Å². The number of carboxylic acids is 1. The highest BCUT2D eigenvalue weighted by molar-refractivity contribution is 5.73. The summed E-state index contributed by atoms with van der Waals surface area (Å²) in [6, 6.07) is -0.713. The van der Waals surface area contributed by atoms with Crippen LogP contribution >= 0.6 is 0 Å². The van der Waals surface area contributed by atoms with Crippen molar-refractivity contribution in [3.8, 4) is 0 Å². The van der Waals surface area contributed by atoms with Crippen LogP contribution in [0.1, 0.15) is 13.8 Å². The number of aliphatic carboxylic acids is 1. The second-order valence-electron chi connectivity index (χ2n) is 2.90. The van der Waals surface area contributed by atoms with Crippen LogP contribution in [0.3, 0.4) is 0 Å². The molecule has 1 unspecified atom stereocenters. The largest absolute Gasteiger partial charge is 0.480 e. The third kappa shape index (κ3) is 6.01. The average molecular weight is 198 g/mol. The minimum atomic E-state index is -0.931. The Bertz CT molecular complexity index is 226. The van der Waals surface area contributed by atoms with Crippen molar-refractivity contribution in [1.29, 1.82) is 0 Å². The first-order chi connectivity index (χ1) is 6.55. The summed E-state index contributed by atoms with van der Waals surface area (Å²) in [5.41, 5.74) is 5.16. The van der Waals surface area contributed by atoms with E-state index in [0.29, 0.717) is 0 Å². The highest BCUT2D eigenvalue weighted by atomic mass is 16.4. The van der Waals surface area contributed by atoms with Gasteiger partial charge in [-0.25, -0.2) is 15.0 Å². The van der Waals surface area contributed by atoms with Crippen LogP contribution in [0.25, 0.3) is 0 Å². The highest BCUT2D eigenvalue weighted by Gasteiger charge is 2.14. The zero-order valence-electron chi connectivity index (χ0n) is 8.16. The maximum atomic E-state index is 10.0. The zero-order chi connectivity index (χ0) is 11.0. The summed E-state index contributed by atoms with van der Waals surface area (Å²) in [7, 11) is 0. The lowest BCUT2D eigenvalue weighted by atomic mass is 10.1. The van der Waals surface area contributed by atoms with Gasteiger partial charge in [-0.15, -0.1) is 0 Å². The second-order valence-corrected chi connectivity index (χ2v) is 2.90. The summed E-state index contributed by atoms with van der Waals surface area (Å²) in [6.45, 7) is 3.55. The molecule has 78 valence electrons. The van der Waals surface area contributed by atoms with E-state index in [2.05, 4.69) is 15.0 Å². The van der Waals surface area contributed by atoms with Crippen LogP contribution in [0.15, 0.2) is 19.0 Å². The van der Waals surface area contributed by atoms with Crippen LogP contribution < -0.4 is 5.73 Å². The second kappa shape index (κ2) is 6.90. The van der Waals surface area contributed by atoms with Gasteiger partial charge in [-0.3, -0.25) is 4.79 Å². The van der Waals surface area contributed by atoms with E-state index in [4.69, 9.17) is 10.8 Å².